The Kier molecular flexibility index (Phi) is 46.0. The maximum atomic E-state index is 12.8. The Morgan fingerprint density at radius 3 is 1.10 bits per heavy atom. The van der Waals surface area contributed by atoms with Crippen LogP contribution in [0.2, 0.25) is 0 Å². The Morgan fingerprint density at radius 1 is 0.350 bits per heavy atom. The quantitative estimate of drug-likeness (QED) is 0.0263. The maximum absolute atomic E-state index is 12.8. The standard InChI is InChI=1S/C54H92O6/c1-4-7-10-13-16-19-22-25-27-30-32-35-38-41-44-47-53(56)59-50-51(49-58-52(55)46-43-40-37-34-31-28-24-21-18-15-12-9-6-3)60-54(57)48-45-42-39-36-33-29-26-23-20-17-14-11-8-5-2/h9,12,14,17-18,21,23,25-28,31,51H,4-8,10-11,13,15-16,19-20,22,24,29-30,32-50H2,1-3H3/b12-9-,17-14-,21-18-,26-23-,27-25-,31-28-. The number of hydrogen-bond acceptors (Lipinski definition) is 6. The summed E-state index contributed by atoms with van der Waals surface area (Å²) in [7, 11) is 0. The van der Waals surface area contributed by atoms with Gasteiger partial charge in [0.2, 0.25) is 0 Å². The van der Waals surface area contributed by atoms with Gasteiger partial charge in [-0.1, -0.05) is 184 Å². The number of rotatable bonds is 44. The van der Waals surface area contributed by atoms with Crippen molar-refractivity contribution in [3.63, 3.8) is 0 Å². The van der Waals surface area contributed by atoms with E-state index in [1.165, 1.54) is 77.0 Å². The highest BCUT2D eigenvalue weighted by molar-refractivity contribution is 5.71. The molecule has 344 valence electrons. The van der Waals surface area contributed by atoms with Crippen molar-refractivity contribution in [2.45, 2.75) is 239 Å². The molecule has 6 nitrogen and oxygen atoms in total. The van der Waals surface area contributed by atoms with Gasteiger partial charge in [0.1, 0.15) is 13.2 Å². The van der Waals surface area contributed by atoms with E-state index in [9.17, 15) is 14.4 Å². The number of allylic oxidation sites excluding steroid dienone is 12. The van der Waals surface area contributed by atoms with Gasteiger partial charge in [0, 0.05) is 19.3 Å². The van der Waals surface area contributed by atoms with Crippen LogP contribution in [0.25, 0.3) is 0 Å². The summed E-state index contributed by atoms with van der Waals surface area (Å²) in [4.78, 5) is 37.9. The first-order valence-corrected chi connectivity index (χ1v) is 24.9. The second-order valence-corrected chi connectivity index (χ2v) is 16.3. The third-order valence-electron chi connectivity index (χ3n) is 10.4. The second-order valence-electron chi connectivity index (χ2n) is 16.3. The molecule has 0 aliphatic rings. The van der Waals surface area contributed by atoms with Crippen molar-refractivity contribution in [1.29, 1.82) is 0 Å². The van der Waals surface area contributed by atoms with Crippen LogP contribution in [0.15, 0.2) is 72.9 Å². The van der Waals surface area contributed by atoms with Gasteiger partial charge in [-0.3, -0.25) is 14.4 Å². The summed E-state index contributed by atoms with van der Waals surface area (Å²) < 4.78 is 16.7. The normalized spacial score (nSPS) is 12.7. The predicted octanol–water partition coefficient (Wildman–Crippen LogP) is 16.3. The summed E-state index contributed by atoms with van der Waals surface area (Å²) in [6, 6.07) is 0. The van der Waals surface area contributed by atoms with Crippen LogP contribution in [0.4, 0.5) is 0 Å². The first-order chi connectivity index (χ1) is 29.5. The third kappa shape index (κ3) is 45.9. The molecule has 1 unspecified atom stereocenters. The molecule has 1 atom stereocenters. The fourth-order valence-corrected chi connectivity index (χ4v) is 6.64. The zero-order valence-electron chi connectivity index (χ0n) is 39.2. The predicted molar refractivity (Wildman–Crippen MR) is 256 cm³/mol. The van der Waals surface area contributed by atoms with E-state index < -0.39 is 6.10 Å². The molecule has 0 N–H and O–H groups in total. The summed E-state index contributed by atoms with van der Waals surface area (Å²) in [5.41, 5.74) is 0. The Bertz CT molecular complexity index is 1140. The van der Waals surface area contributed by atoms with Crippen molar-refractivity contribution in [3.05, 3.63) is 72.9 Å². The average Bonchev–Trinajstić information content (AvgIpc) is 3.24. The molecule has 60 heavy (non-hydrogen) atoms. The second kappa shape index (κ2) is 48.5. The van der Waals surface area contributed by atoms with Crippen molar-refractivity contribution in [2.24, 2.45) is 0 Å². The fraction of sp³-hybridized carbons (Fsp3) is 0.722. The minimum Gasteiger partial charge on any atom is -0.462 e. The molecule has 0 aromatic rings. The molecule has 0 saturated carbocycles. The number of unbranched alkanes of at least 4 members (excludes halogenated alkanes) is 21. The van der Waals surface area contributed by atoms with Gasteiger partial charge in [0.25, 0.3) is 0 Å². The number of hydrogen-bond donors (Lipinski definition) is 0. The van der Waals surface area contributed by atoms with Gasteiger partial charge in [0.05, 0.1) is 0 Å². The summed E-state index contributed by atoms with van der Waals surface area (Å²) in [6.45, 7) is 6.43. The van der Waals surface area contributed by atoms with Gasteiger partial charge in [-0.05, 0) is 103 Å². The molecular formula is C54H92O6. The lowest BCUT2D eigenvalue weighted by Gasteiger charge is -2.18. The van der Waals surface area contributed by atoms with Crippen molar-refractivity contribution in [2.75, 3.05) is 13.2 Å². The van der Waals surface area contributed by atoms with Crippen LogP contribution in [0.5, 0.6) is 0 Å². The molecule has 0 rings (SSSR count). The van der Waals surface area contributed by atoms with Gasteiger partial charge in [-0.25, -0.2) is 0 Å². The van der Waals surface area contributed by atoms with Gasteiger partial charge in [0.15, 0.2) is 6.10 Å². The van der Waals surface area contributed by atoms with E-state index in [0.717, 1.165) is 116 Å². The molecule has 0 aromatic carbocycles. The van der Waals surface area contributed by atoms with Crippen LogP contribution in [0.1, 0.15) is 233 Å². The minimum absolute atomic E-state index is 0.0953. The highest BCUT2D eigenvalue weighted by Gasteiger charge is 2.19. The van der Waals surface area contributed by atoms with Crippen LogP contribution >= 0.6 is 0 Å². The summed E-state index contributed by atoms with van der Waals surface area (Å²) in [6.07, 6.45) is 60.2. The van der Waals surface area contributed by atoms with Crippen LogP contribution < -0.4 is 0 Å². The largest absolute Gasteiger partial charge is 0.462 e. The van der Waals surface area contributed by atoms with E-state index >= 15 is 0 Å². The van der Waals surface area contributed by atoms with Crippen LogP contribution in [0.3, 0.4) is 0 Å². The van der Waals surface area contributed by atoms with Crippen LogP contribution in [-0.2, 0) is 28.6 Å². The number of carbonyl (C=O) groups is 3. The molecule has 0 spiro atoms. The average molecular weight is 837 g/mol. The first-order valence-electron chi connectivity index (χ1n) is 24.9. The Balaban J connectivity index is 4.46. The Labute approximate surface area is 370 Å². The van der Waals surface area contributed by atoms with E-state index in [4.69, 9.17) is 14.2 Å². The number of esters is 3. The molecule has 0 aromatic heterocycles. The third-order valence-corrected chi connectivity index (χ3v) is 10.4. The highest BCUT2D eigenvalue weighted by Crippen LogP contribution is 2.13. The van der Waals surface area contributed by atoms with E-state index in [2.05, 4.69) is 93.7 Å². The lowest BCUT2D eigenvalue weighted by atomic mass is 10.1. The molecule has 0 fully saturated rings. The van der Waals surface area contributed by atoms with E-state index in [1.54, 1.807) is 0 Å². The van der Waals surface area contributed by atoms with Gasteiger partial charge < -0.3 is 14.2 Å². The summed E-state index contributed by atoms with van der Waals surface area (Å²) in [5, 5.41) is 0. The molecular weight excluding hydrogens is 745 g/mol. The Morgan fingerprint density at radius 2 is 0.667 bits per heavy atom. The van der Waals surface area contributed by atoms with Crippen LogP contribution in [-0.4, -0.2) is 37.2 Å². The maximum Gasteiger partial charge on any atom is 0.306 e. The minimum atomic E-state index is -0.797. The first kappa shape index (κ1) is 56.9. The monoisotopic (exact) mass is 837 g/mol. The number of carbonyl (C=O) groups excluding carboxylic acids is 3. The SMILES string of the molecule is CC/C=C\C/C=C\C/C=C\CCCCCC(=O)OCC(COC(=O)CCCCCCC/C=C\CCCCCCCC)OC(=O)CCCCCCC/C=C\C/C=C\CCCC. The zero-order chi connectivity index (χ0) is 43.7. The van der Waals surface area contributed by atoms with E-state index in [0.29, 0.717) is 19.3 Å². The van der Waals surface area contributed by atoms with Crippen LogP contribution in [0, 0.1) is 0 Å². The summed E-state index contributed by atoms with van der Waals surface area (Å²) >= 11 is 0. The molecule has 0 heterocycles. The number of ether oxygens (including phenoxy) is 3. The van der Waals surface area contributed by atoms with Gasteiger partial charge >= 0.3 is 17.9 Å². The Hall–Kier alpha value is -3.15. The molecule has 0 radical (unpaired) electrons. The fourth-order valence-electron chi connectivity index (χ4n) is 6.64. The topological polar surface area (TPSA) is 78.9 Å². The molecule has 0 bridgehead atoms. The summed E-state index contributed by atoms with van der Waals surface area (Å²) in [5.74, 6) is -0.949. The molecule has 0 amide bonds. The van der Waals surface area contributed by atoms with Crippen molar-refractivity contribution in [1.82, 2.24) is 0 Å². The van der Waals surface area contributed by atoms with E-state index in [-0.39, 0.29) is 31.1 Å². The van der Waals surface area contributed by atoms with E-state index in [1.807, 2.05) is 0 Å². The lowest BCUT2D eigenvalue weighted by molar-refractivity contribution is -0.167. The molecule has 0 aliphatic carbocycles. The van der Waals surface area contributed by atoms with Gasteiger partial charge in [-0.15, -0.1) is 0 Å². The molecule has 6 heteroatoms. The van der Waals surface area contributed by atoms with Crippen molar-refractivity contribution < 1.29 is 28.6 Å². The zero-order valence-corrected chi connectivity index (χ0v) is 39.2. The highest BCUT2D eigenvalue weighted by atomic mass is 16.6. The molecule has 0 saturated heterocycles. The molecule has 0 aliphatic heterocycles. The lowest BCUT2D eigenvalue weighted by Crippen LogP contribution is -2.30. The van der Waals surface area contributed by atoms with Crippen molar-refractivity contribution in [3.8, 4) is 0 Å². The smallest absolute Gasteiger partial charge is 0.306 e. The van der Waals surface area contributed by atoms with Crippen molar-refractivity contribution >= 4 is 17.9 Å². The van der Waals surface area contributed by atoms with Gasteiger partial charge in [-0.2, -0.15) is 0 Å².